The highest BCUT2D eigenvalue weighted by Crippen LogP contribution is 2.36. The number of carbonyl (C=O) groups excluding carboxylic acids is 3. The predicted octanol–water partition coefficient (Wildman–Crippen LogP) is 4.62. The number of carbonyl (C=O) groups is 3. The largest absolute Gasteiger partial charge is 0.462 e. The molecule has 0 radical (unpaired) electrons. The summed E-state index contributed by atoms with van der Waals surface area (Å²) in [5.74, 6) is -1.50. The van der Waals surface area contributed by atoms with Crippen molar-refractivity contribution in [3.63, 3.8) is 0 Å². The maximum atomic E-state index is 12.5. The lowest BCUT2D eigenvalue weighted by molar-refractivity contribution is -0.139. The summed E-state index contributed by atoms with van der Waals surface area (Å²) in [5.41, 5.74) is 7.59. The van der Waals surface area contributed by atoms with Gasteiger partial charge >= 0.3 is 11.9 Å². The average Bonchev–Trinajstić information content (AvgIpc) is 3.26. The number of azo groups is 1. The summed E-state index contributed by atoms with van der Waals surface area (Å²) in [7, 11) is 0. The van der Waals surface area contributed by atoms with Crippen LogP contribution in [0.25, 0.3) is 0 Å². The van der Waals surface area contributed by atoms with E-state index in [1.165, 1.54) is 6.07 Å². The first kappa shape index (κ1) is 28.7. The highest BCUT2D eigenvalue weighted by atomic mass is 32.1. The molecule has 0 atom stereocenters. The summed E-state index contributed by atoms with van der Waals surface area (Å²) in [5, 5.41) is 21.2. The predicted molar refractivity (Wildman–Crippen MR) is 142 cm³/mol. The minimum absolute atomic E-state index is 0.0768. The smallest absolute Gasteiger partial charge is 0.330 e. The first-order valence-electron chi connectivity index (χ1n) is 11.3. The van der Waals surface area contributed by atoms with E-state index in [0.717, 1.165) is 29.2 Å². The van der Waals surface area contributed by atoms with Crippen molar-refractivity contribution in [2.45, 2.75) is 19.8 Å². The molecule has 0 saturated carbocycles. The minimum atomic E-state index is -0.620. The Morgan fingerprint density at radius 3 is 2.51 bits per heavy atom. The van der Waals surface area contributed by atoms with E-state index in [0.29, 0.717) is 46.5 Å². The summed E-state index contributed by atoms with van der Waals surface area (Å²) in [6, 6.07) is 8.79. The topological polar surface area (TPSA) is 159 Å². The van der Waals surface area contributed by atoms with Gasteiger partial charge in [-0.25, -0.2) is 9.59 Å². The van der Waals surface area contributed by atoms with Gasteiger partial charge in [-0.15, -0.1) is 10.2 Å². The molecular formula is C25H28N6O5S. The molecule has 11 nitrogen and oxygen atoms in total. The van der Waals surface area contributed by atoms with Crippen LogP contribution < -0.4 is 16.0 Å². The van der Waals surface area contributed by atoms with Crippen LogP contribution in [0.3, 0.4) is 0 Å². The van der Waals surface area contributed by atoms with Crippen LogP contribution in [0.1, 0.15) is 25.3 Å². The Hall–Kier alpha value is -4.50. The van der Waals surface area contributed by atoms with Crippen molar-refractivity contribution in [3.8, 4) is 6.07 Å². The van der Waals surface area contributed by atoms with Gasteiger partial charge in [0, 0.05) is 30.9 Å². The molecule has 194 valence electrons. The zero-order valence-corrected chi connectivity index (χ0v) is 21.3. The first-order chi connectivity index (χ1) is 17.8. The van der Waals surface area contributed by atoms with Gasteiger partial charge in [-0.05, 0) is 37.6 Å². The van der Waals surface area contributed by atoms with Gasteiger partial charge in [0.05, 0.1) is 29.3 Å². The quantitative estimate of drug-likeness (QED) is 0.157. The normalized spacial score (nSPS) is 10.4. The van der Waals surface area contributed by atoms with Crippen LogP contribution in [0.2, 0.25) is 0 Å². The van der Waals surface area contributed by atoms with E-state index < -0.39 is 17.8 Å². The van der Waals surface area contributed by atoms with Gasteiger partial charge in [0.1, 0.15) is 18.4 Å². The standard InChI is InChI=1S/C25H28N6O5S/c1-4-23(33)35-12-7-11-31(6-3)18-8-9-19(29-30-25-17(16-26)14-21(27)37-25)20(15-18)28-22(32)10-13-36-24(34)5-2/h4-5,8-9,14-15H,1-2,6-7,10-13,27H2,3H3,(H,28,32)/b30-29+. The Labute approximate surface area is 218 Å². The highest BCUT2D eigenvalue weighted by Gasteiger charge is 2.13. The molecule has 1 aromatic carbocycles. The molecule has 0 aliphatic carbocycles. The van der Waals surface area contributed by atoms with Crippen LogP contribution in [0, 0.1) is 11.3 Å². The number of nitrogens with one attached hydrogen (secondary N) is 1. The maximum Gasteiger partial charge on any atom is 0.330 e. The van der Waals surface area contributed by atoms with Crippen molar-refractivity contribution in [3.05, 3.63) is 55.1 Å². The van der Waals surface area contributed by atoms with Gasteiger partial charge in [0.2, 0.25) is 5.91 Å². The number of nitrogens with two attached hydrogens (primary N) is 1. The van der Waals surface area contributed by atoms with E-state index >= 15 is 0 Å². The summed E-state index contributed by atoms with van der Waals surface area (Å²) < 4.78 is 9.90. The van der Waals surface area contributed by atoms with Crippen LogP contribution in [0.4, 0.5) is 27.1 Å². The Morgan fingerprint density at radius 2 is 1.86 bits per heavy atom. The molecule has 37 heavy (non-hydrogen) atoms. The Morgan fingerprint density at radius 1 is 1.16 bits per heavy atom. The molecular weight excluding hydrogens is 496 g/mol. The first-order valence-corrected chi connectivity index (χ1v) is 12.1. The Bertz CT molecular complexity index is 1220. The van der Waals surface area contributed by atoms with Crippen LogP contribution in [0.5, 0.6) is 0 Å². The lowest BCUT2D eigenvalue weighted by Gasteiger charge is -2.24. The van der Waals surface area contributed by atoms with Crippen molar-refractivity contribution in [2.24, 2.45) is 10.2 Å². The van der Waals surface area contributed by atoms with Gasteiger partial charge in [-0.3, -0.25) is 4.79 Å². The summed E-state index contributed by atoms with van der Waals surface area (Å²) >= 11 is 1.12. The molecule has 12 heteroatoms. The second kappa shape index (κ2) is 14.8. The number of ether oxygens (including phenoxy) is 2. The van der Waals surface area contributed by atoms with Crippen molar-refractivity contribution < 1.29 is 23.9 Å². The molecule has 2 rings (SSSR count). The fourth-order valence-corrected chi connectivity index (χ4v) is 3.73. The summed E-state index contributed by atoms with van der Waals surface area (Å²) in [6.07, 6.45) is 2.64. The van der Waals surface area contributed by atoms with E-state index in [1.807, 2.05) is 24.0 Å². The molecule has 1 amide bonds. The summed E-state index contributed by atoms with van der Waals surface area (Å²) in [6.45, 7) is 10.0. The number of nitriles is 1. The average molecular weight is 525 g/mol. The maximum absolute atomic E-state index is 12.5. The van der Waals surface area contributed by atoms with Crippen molar-refractivity contribution in [1.82, 2.24) is 0 Å². The lowest BCUT2D eigenvalue weighted by Crippen LogP contribution is -2.25. The number of nitrogens with zero attached hydrogens (tertiary/aromatic N) is 4. The molecule has 0 aliphatic heterocycles. The number of nitrogen functional groups attached to an aromatic ring is 1. The number of hydrogen-bond donors (Lipinski definition) is 2. The fourth-order valence-electron chi connectivity index (χ4n) is 3.03. The van der Waals surface area contributed by atoms with Crippen molar-refractivity contribution >= 4 is 56.2 Å². The molecule has 0 spiro atoms. The van der Waals surface area contributed by atoms with E-state index in [1.54, 1.807) is 12.1 Å². The zero-order valence-electron chi connectivity index (χ0n) is 20.4. The fraction of sp³-hybridized carbons (Fsp3) is 0.280. The molecule has 2 aromatic rings. The molecule has 0 saturated heterocycles. The molecule has 0 aliphatic rings. The van der Waals surface area contributed by atoms with Gasteiger partial charge in [-0.2, -0.15) is 5.26 Å². The van der Waals surface area contributed by atoms with Crippen LogP contribution in [-0.2, 0) is 23.9 Å². The second-order valence-electron chi connectivity index (χ2n) is 7.36. The number of rotatable bonds is 14. The second-order valence-corrected chi connectivity index (χ2v) is 8.42. The van der Waals surface area contributed by atoms with E-state index in [-0.39, 0.29) is 19.6 Å². The third kappa shape index (κ3) is 9.23. The van der Waals surface area contributed by atoms with Gasteiger partial charge in [0.25, 0.3) is 0 Å². The Kier molecular flexibility index (Phi) is 11.5. The van der Waals surface area contributed by atoms with Crippen molar-refractivity contribution in [1.29, 1.82) is 5.26 Å². The van der Waals surface area contributed by atoms with Crippen molar-refractivity contribution in [2.75, 3.05) is 42.3 Å². The lowest BCUT2D eigenvalue weighted by atomic mass is 10.2. The molecule has 0 fully saturated rings. The molecule has 3 N–H and O–H groups in total. The molecule has 1 heterocycles. The number of thiophene rings is 1. The number of esters is 2. The highest BCUT2D eigenvalue weighted by molar-refractivity contribution is 7.19. The Balaban J connectivity index is 2.25. The van der Waals surface area contributed by atoms with E-state index in [9.17, 15) is 19.6 Å². The third-order valence-electron chi connectivity index (χ3n) is 4.83. The number of benzene rings is 1. The number of anilines is 3. The number of hydrogen-bond acceptors (Lipinski definition) is 11. The van der Waals surface area contributed by atoms with Gasteiger partial charge in [-0.1, -0.05) is 24.5 Å². The van der Waals surface area contributed by atoms with Crippen LogP contribution >= 0.6 is 11.3 Å². The van der Waals surface area contributed by atoms with E-state index in [2.05, 4.69) is 28.7 Å². The number of amides is 1. The molecule has 0 unspecified atom stereocenters. The molecule has 0 bridgehead atoms. The minimum Gasteiger partial charge on any atom is -0.462 e. The van der Waals surface area contributed by atoms with Crippen LogP contribution in [-0.4, -0.2) is 44.1 Å². The third-order valence-corrected chi connectivity index (χ3v) is 5.67. The monoisotopic (exact) mass is 524 g/mol. The SMILES string of the molecule is C=CC(=O)OCCCN(CC)c1ccc(/N=N/c2sc(N)cc2C#N)c(NC(=O)CCOC(=O)C=C)c1. The summed E-state index contributed by atoms with van der Waals surface area (Å²) in [4.78, 5) is 37.1. The van der Waals surface area contributed by atoms with Crippen LogP contribution in [0.15, 0.2) is 59.8 Å². The van der Waals surface area contributed by atoms with Gasteiger partial charge < -0.3 is 25.4 Å². The van der Waals surface area contributed by atoms with E-state index in [4.69, 9.17) is 15.2 Å². The zero-order chi connectivity index (χ0) is 27.2. The van der Waals surface area contributed by atoms with Gasteiger partial charge in [0.15, 0.2) is 5.00 Å². The molecule has 1 aromatic heterocycles.